The van der Waals surface area contributed by atoms with Crippen LogP contribution >= 0.6 is 11.6 Å². The van der Waals surface area contributed by atoms with Gasteiger partial charge in [0.25, 0.3) is 5.91 Å². The Morgan fingerprint density at radius 2 is 2.00 bits per heavy atom. The van der Waals surface area contributed by atoms with Crippen molar-refractivity contribution in [3.05, 3.63) is 22.8 Å². The Morgan fingerprint density at radius 3 is 2.50 bits per heavy atom. The van der Waals surface area contributed by atoms with Gasteiger partial charge < -0.3 is 20.4 Å². The fourth-order valence-electron chi connectivity index (χ4n) is 1.44. The van der Waals surface area contributed by atoms with Crippen LogP contribution in [0.3, 0.4) is 0 Å². The zero-order chi connectivity index (χ0) is 13.5. The molecule has 0 spiro atoms. The minimum absolute atomic E-state index is 0.102. The van der Waals surface area contributed by atoms with Gasteiger partial charge in [0.1, 0.15) is 11.5 Å². The van der Waals surface area contributed by atoms with Gasteiger partial charge in [0.15, 0.2) is 0 Å². The highest BCUT2D eigenvalue weighted by Crippen LogP contribution is 2.18. The number of aromatic nitrogens is 1. The van der Waals surface area contributed by atoms with Crippen molar-refractivity contribution < 1.29 is 15.0 Å². The molecule has 0 fully saturated rings. The average molecular weight is 274 g/mol. The molecule has 0 aliphatic heterocycles. The van der Waals surface area contributed by atoms with Gasteiger partial charge in [-0.3, -0.25) is 4.79 Å². The topological polar surface area (TPSA) is 85.7 Å². The van der Waals surface area contributed by atoms with Gasteiger partial charge in [-0.25, -0.2) is 4.98 Å². The maximum Gasteiger partial charge on any atom is 0.274 e. The number of pyridine rings is 1. The van der Waals surface area contributed by atoms with Crippen LogP contribution in [0.4, 0.5) is 5.82 Å². The molecule has 0 aliphatic carbocycles. The summed E-state index contributed by atoms with van der Waals surface area (Å²) in [6, 6.07) is 3.23. The molecule has 1 aromatic heterocycles. The molecule has 1 amide bonds. The minimum Gasteiger partial charge on any atom is -0.395 e. The van der Waals surface area contributed by atoms with Crippen LogP contribution < -0.4 is 5.32 Å². The van der Waals surface area contributed by atoms with Crippen LogP contribution in [-0.4, -0.2) is 59.4 Å². The number of aliphatic hydroxyl groups excluding tert-OH is 2. The predicted molar refractivity (Wildman–Crippen MR) is 68.9 cm³/mol. The molecule has 0 saturated heterocycles. The predicted octanol–water partition coefficient (Wildman–Crippen LogP) is 0.204. The summed E-state index contributed by atoms with van der Waals surface area (Å²) < 4.78 is 0. The van der Waals surface area contributed by atoms with Gasteiger partial charge >= 0.3 is 0 Å². The summed E-state index contributed by atoms with van der Waals surface area (Å²) in [4.78, 5) is 17.5. The number of anilines is 1. The standard InChI is InChI=1S/C11H16ClN3O3/c1-13-9-3-2-8(12)10(14-9)11(18)15(4-6-16)5-7-17/h2-3,16-17H,4-7H2,1H3,(H,13,14). The highest BCUT2D eigenvalue weighted by atomic mass is 35.5. The van der Waals surface area contributed by atoms with Crippen LogP contribution in [0.5, 0.6) is 0 Å². The van der Waals surface area contributed by atoms with Gasteiger partial charge in [0.2, 0.25) is 0 Å². The van der Waals surface area contributed by atoms with Crippen LogP contribution in [0.25, 0.3) is 0 Å². The molecule has 3 N–H and O–H groups in total. The zero-order valence-corrected chi connectivity index (χ0v) is 10.8. The Labute approximate surface area is 110 Å². The van der Waals surface area contributed by atoms with Crippen molar-refractivity contribution in [2.45, 2.75) is 0 Å². The molecular weight excluding hydrogens is 258 g/mol. The molecule has 0 atom stereocenters. The zero-order valence-electron chi connectivity index (χ0n) is 10.1. The van der Waals surface area contributed by atoms with Crippen molar-refractivity contribution in [3.63, 3.8) is 0 Å². The average Bonchev–Trinajstić information content (AvgIpc) is 2.38. The van der Waals surface area contributed by atoms with E-state index in [4.69, 9.17) is 21.8 Å². The highest BCUT2D eigenvalue weighted by molar-refractivity contribution is 6.33. The lowest BCUT2D eigenvalue weighted by atomic mass is 10.3. The molecule has 0 radical (unpaired) electrons. The lowest BCUT2D eigenvalue weighted by Crippen LogP contribution is -2.36. The second-order valence-corrected chi connectivity index (χ2v) is 3.92. The van der Waals surface area contributed by atoms with Crippen molar-refractivity contribution in [1.29, 1.82) is 0 Å². The molecule has 0 bridgehead atoms. The molecule has 7 heteroatoms. The van der Waals surface area contributed by atoms with Crippen LogP contribution in [0.2, 0.25) is 5.02 Å². The largest absolute Gasteiger partial charge is 0.395 e. The number of rotatable bonds is 6. The summed E-state index contributed by atoms with van der Waals surface area (Å²) in [5, 5.41) is 20.8. The van der Waals surface area contributed by atoms with E-state index in [1.165, 1.54) is 4.90 Å². The summed E-state index contributed by atoms with van der Waals surface area (Å²) in [5.41, 5.74) is 0.102. The molecule has 0 aromatic carbocycles. The molecule has 1 aromatic rings. The first-order valence-electron chi connectivity index (χ1n) is 5.49. The van der Waals surface area contributed by atoms with Crippen molar-refractivity contribution >= 4 is 23.3 Å². The van der Waals surface area contributed by atoms with E-state index in [1.807, 2.05) is 0 Å². The molecule has 0 saturated carbocycles. The number of aliphatic hydroxyl groups is 2. The Balaban J connectivity index is 2.99. The number of halogens is 1. The van der Waals surface area contributed by atoms with E-state index in [1.54, 1.807) is 19.2 Å². The summed E-state index contributed by atoms with van der Waals surface area (Å²) in [6.07, 6.45) is 0. The first-order chi connectivity index (χ1) is 8.63. The highest BCUT2D eigenvalue weighted by Gasteiger charge is 2.19. The number of hydrogen-bond acceptors (Lipinski definition) is 5. The van der Waals surface area contributed by atoms with Gasteiger partial charge in [0, 0.05) is 20.1 Å². The van der Waals surface area contributed by atoms with E-state index in [2.05, 4.69) is 10.3 Å². The van der Waals surface area contributed by atoms with Gasteiger partial charge in [0.05, 0.1) is 18.2 Å². The van der Waals surface area contributed by atoms with E-state index in [9.17, 15) is 4.79 Å². The van der Waals surface area contributed by atoms with E-state index in [-0.39, 0.29) is 37.0 Å². The Morgan fingerprint density at radius 1 is 1.39 bits per heavy atom. The van der Waals surface area contributed by atoms with Crippen LogP contribution in [0.15, 0.2) is 12.1 Å². The lowest BCUT2D eigenvalue weighted by molar-refractivity contribution is 0.0679. The third-order valence-corrected chi connectivity index (χ3v) is 2.64. The molecule has 0 unspecified atom stereocenters. The number of nitrogens with one attached hydrogen (secondary N) is 1. The molecule has 0 aliphatic rings. The van der Waals surface area contributed by atoms with Crippen LogP contribution in [-0.2, 0) is 0 Å². The Kier molecular flexibility index (Phi) is 5.84. The molecule has 100 valence electrons. The quantitative estimate of drug-likeness (QED) is 0.690. The molecule has 1 rings (SSSR count). The van der Waals surface area contributed by atoms with Crippen LogP contribution in [0.1, 0.15) is 10.5 Å². The van der Waals surface area contributed by atoms with Gasteiger partial charge in [-0.15, -0.1) is 0 Å². The number of hydrogen-bond donors (Lipinski definition) is 3. The van der Waals surface area contributed by atoms with E-state index in [0.717, 1.165) is 0 Å². The number of carbonyl (C=O) groups is 1. The number of carbonyl (C=O) groups excluding carboxylic acids is 1. The smallest absolute Gasteiger partial charge is 0.274 e. The van der Waals surface area contributed by atoms with Gasteiger partial charge in [-0.05, 0) is 12.1 Å². The van der Waals surface area contributed by atoms with Crippen molar-refractivity contribution in [1.82, 2.24) is 9.88 Å². The van der Waals surface area contributed by atoms with Gasteiger partial charge in [-0.2, -0.15) is 0 Å². The lowest BCUT2D eigenvalue weighted by Gasteiger charge is -2.20. The molecule has 1 heterocycles. The molecular formula is C11H16ClN3O3. The van der Waals surface area contributed by atoms with Crippen molar-refractivity contribution in [3.8, 4) is 0 Å². The Hall–Kier alpha value is -1.37. The first kappa shape index (κ1) is 14.7. The normalized spacial score (nSPS) is 10.2. The fraction of sp³-hybridized carbons (Fsp3) is 0.455. The van der Waals surface area contributed by atoms with E-state index in [0.29, 0.717) is 5.82 Å². The number of nitrogens with zero attached hydrogens (tertiary/aromatic N) is 2. The SMILES string of the molecule is CNc1ccc(Cl)c(C(=O)N(CCO)CCO)n1. The third-order valence-electron chi connectivity index (χ3n) is 2.33. The molecule has 6 nitrogen and oxygen atoms in total. The second kappa shape index (κ2) is 7.15. The maximum absolute atomic E-state index is 12.1. The summed E-state index contributed by atoms with van der Waals surface area (Å²) >= 11 is 5.93. The first-order valence-corrected chi connectivity index (χ1v) is 5.87. The van der Waals surface area contributed by atoms with Crippen LogP contribution in [0, 0.1) is 0 Å². The summed E-state index contributed by atoms with van der Waals surface area (Å²) in [7, 11) is 1.68. The second-order valence-electron chi connectivity index (χ2n) is 3.52. The minimum atomic E-state index is -0.416. The Bertz CT molecular complexity index is 409. The maximum atomic E-state index is 12.1. The number of amides is 1. The third kappa shape index (κ3) is 3.56. The summed E-state index contributed by atoms with van der Waals surface area (Å²) in [5.74, 6) is 0.107. The monoisotopic (exact) mass is 273 g/mol. The van der Waals surface area contributed by atoms with E-state index >= 15 is 0 Å². The fourth-order valence-corrected chi connectivity index (χ4v) is 1.62. The summed E-state index contributed by atoms with van der Waals surface area (Å²) in [6.45, 7) is -0.119. The van der Waals surface area contributed by atoms with Crippen molar-refractivity contribution in [2.24, 2.45) is 0 Å². The molecule has 18 heavy (non-hydrogen) atoms. The van der Waals surface area contributed by atoms with Gasteiger partial charge in [-0.1, -0.05) is 11.6 Å². The van der Waals surface area contributed by atoms with E-state index < -0.39 is 5.91 Å². The van der Waals surface area contributed by atoms with Crippen molar-refractivity contribution in [2.75, 3.05) is 38.7 Å².